The van der Waals surface area contributed by atoms with E-state index in [1.165, 1.54) is 6.92 Å². The fraction of sp³-hybridized carbons (Fsp3) is 0.889. The molecule has 1 saturated heterocycles. The van der Waals surface area contributed by atoms with Crippen LogP contribution in [0, 0.1) is 39.4 Å². The van der Waals surface area contributed by atoms with Gasteiger partial charge in [0.25, 0.3) is 0 Å². The summed E-state index contributed by atoms with van der Waals surface area (Å²) in [5.41, 5.74) is -5.54. The fourth-order valence-corrected chi connectivity index (χ4v) is 11.0. The maximum Gasteiger partial charge on any atom is 0.187 e. The summed E-state index contributed by atoms with van der Waals surface area (Å²) in [6, 6.07) is 0. The highest BCUT2D eigenvalue weighted by Crippen LogP contribution is 2.74. The molecule has 0 aromatic heterocycles. The van der Waals surface area contributed by atoms with Crippen LogP contribution >= 0.6 is 0 Å². The molecule has 0 amide bonds. The number of Topliss-reactive ketones (excluding diaryl/α,β-unsaturated/α-hetero) is 2. The van der Waals surface area contributed by atoms with Gasteiger partial charge in [-0.1, -0.05) is 46.3 Å². The van der Waals surface area contributed by atoms with Gasteiger partial charge in [0.15, 0.2) is 12.1 Å². The van der Waals surface area contributed by atoms with Crippen molar-refractivity contribution < 1.29 is 59.9 Å². The van der Waals surface area contributed by atoms with Crippen molar-refractivity contribution in [2.24, 2.45) is 39.4 Å². The van der Waals surface area contributed by atoms with E-state index in [0.29, 0.717) is 6.42 Å². The number of rotatable bonds is 8. The Balaban J connectivity index is 1.47. The van der Waals surface area contributed by atoms with Crippen molar-refractivity contribution in [2.45, 2.75) is 154 Å². The number of hydrogen-bond acceptors (Lipinski definition) is 12. The molecule has 1 aliphatic heterocycles. The molecule has 12 heteroatoms. The van der Waals surface area contributed by atoms with Gasteiger partial charge in [-0.3, -0.25) is 9.59 Å². The lowest BCUT2D eigenvalue weighted by atomic mass is 9.38. The Hall–Kier alpha value is -1.32. The lowest BCUT2D eigenvalue weighted by Gasteiger charge is -2.65. The molecule has 5 rings (SSSR count). The molecule has 3 saturated carbocycles. The molecular weight excluding hydrogens is 624 g/mol. The summed E-state index contributed by atoms with van der Waals surface area (Å²) in [6.07, 6.45) is -7.43. The molecular formula is C36H58O12. The van der Waals surface area contributed by atoms with Crippen molar-refractivity contribution >= 4 is 11.6 Å². The molecule has 5 aliphatic rings. The minimum atomic E-state index is -1.93. The van der Waals surface area contributed by atoms with Gasteiger partial charge in [-0.2, -0.15) is 0 Å². The zero-order chi connectivity index (χ0) is 36.2. The van der Waals surface area contributed by atoms with E-state index in [2.05, 4.69) is 13.0 Å². The number of aliphatic hydroxyl groups excluding tert-OH is 6. The molecule has 4 fully saturated rings. The second kappa shape index (κ2) is 12.1. The molecule has 1 heterocycles. The van der Waals surface area contributed by atoms with Gasteiger partial charge in [-0.15, -0.1) is 0 Å². The second-order valence-corrected chi connectivity index (χ2v) is 17.6. The first-order valence-electron chi connectivity index (χ1n) is 17.4. The molecule has 0 bridgehead atoms. The van der Waals surface area contributed by atoms with Crippen LogP contribution in [0.1, 0.15) is 93.9 Å². The average Bonchev–Trinajstić information content (AvgIpc) is 3.18. The van der Waals surface area contributed by atoms with Crippen molar-refractivity contribution in [3.05, 3.63) is 11.6 Å². The summed E-state index contributed by atoms with van der Waals surface area (Å²) >= 11 is 0. The van der Waals surface area contributed by atoms with Gasteiger partial charge in [-0.05, 0) is 69.1 Å². The zero-order valence-corrected chi connectivity index (χ0v) is 29.6. The predicted octanol–water partition coefficient (Wildman–Crippen LogP) is 0.769. The van der Waals surface area contributed by atoms with Gasteiger partial charge in [-0.25, -0.2) is 0 Å². The SMILES string of the molecule is CC(C)(O)CCC(=O)[C@@](C)(O)[C@@H]1[C@@H](O)C[C@]2(C)[C@H]3CC=C4[C@@H](C[C@H](O)[C@@H](O[C@H]5O[C@@H](CO)[C@H](O)[C@@H](O)[C@@H]5O)C4(C)C)[C@]3(C)C(=O)C[C@]12C. The minimum Gasteiger partial charge on any atom is -0.394 e. The van der Waals surface area contributed by atoms with E-state index in [9.17, 15) is 50.4 Å². The fourth-order valence-electron chi connectivity index (χ4n) is 11.0. The van der Waals surface area contributed by atoms with Gasteiger partial charge in [0.1, 0.15) is 35.8 Å². The molecule has 8 N–H and O–H groups in total. The van der Waals surface area contributed by atoms with E-state index in [0.717, 1.165) is 5.57 Å². The highest BCUT2D eigenvalue weighted by Gasteiger charge is 2.74. The van der Waals surface area contributed by atoms with E-state index in [1.54, 1.807) is 13.8 Å². The minimum absolute atomic E-state index is 0.0260. The first-order chi connectivity index (χ1) is 21.9. The molecule has 0 spiro atoms. The quantitative estimate of drug-likeness (QED) is 0.167. The van der Waals surface area contributed by atoms with E-state index < -0.39 is 106 Å². The van der Waals surface area contributed by atoms with Crippen LogP contribution in [0.15, 0.2) is 11.6 Å². The van der Waals surface area contributed by atoms with Gasteiger partial charge in [0.2, 0.25) is 0 Å². The average molecular weight is 683 g/mol. The molecule has 0 aromatic carbocycles. The number of carbonyl (C=O) groups is 2. The summed E-state index contributed by atoms with van der Waals surface area (Å²) in [5.74, 6) is -2.12. The first kappa shape index (κ1) is 37.9. The Kier molecular flexibility index (Phi) is 9.59. The first-order valence-corrected chi connectivity index (χ1v) is 17.4. The molecule has 15 atom stereocenters. The summed E-state index contributed by atoms with van der Waals surface area (Å²) in [4.78, 5) is 28.1. The van der Waals surface area contributed by atoms with E-state index in [1.807, 2.05) is 27.7 Å². The van der Waals surface area contributed by atoms with Crippen LogP contribution in [0.25, 0.3) is 0 Å². The van der Waals surface area contributed by atoms with Crippen LogP contribution in [0.5, 0.6) is 0 Å². The number of hydrogen-bond donors (Lipinski definition) is 8. The standard InChI is InChI=1S/C36H58O12/c1-31(2,45)12-11-23(40)36(8,46)28-20(39)14-33(5)22-10-9-17-18(35(22,7)24(41)15-34(28,33)6)13-19(38)29(32(17,3)4)48-30-27(44)26(43)25(42)21(16-37)47-30/h9,18-22,25-30,37-39,42-46H,10-16H2,1-8H3/t18-,19+,20+,21+,22-,25+,26-,27+,28-,29-,30-,33-,34-,35+,36-/m1/s1. The third-order valence-corrected chi connectivity index (χ3v) is 13.8. The van der Waals surface area contributed by atoms with Crippen molar-refractivity contribution in [2.75, 3.05) is 6.61 Å². The lowest BCUT2D eigenvalue weighted by Crippen LogP contribution is -2.66. The molecule has 0 radical (unpaired) electrons. The Morgan fingerprint density at radius 1 is 0.958 bits per heavy atom. The van der Waals surface area contributed by atoms with Crippen LogP contribution in [0.4, 0.5) is 0 Å². The summed E-state index contributed by atoms with van der Waals surface area (Å²) in [5, 5.41) is 86.2. The summed E-state index contributed by atoms with van der Waals surface area (Å²) < 4.78 is 11.8. The van der Waals surface area contributed by atoms with Crippen molar-refractivity contribution in [3.8, 4) is 0 Å². The van der Waals surface area contributed by atoms with Gasteiger partial charge in [0, 0.05) is 29.6 Å². The Bertz CT molecular complexity index is 1300. The van der Waals surface area contributed by atoms with Crippen LogP contribution < -0.4 is 0 Å². The highest BCUT2D eigenvalue weighted by molar-refractivity contribution is 5.90. The van der Waals surface area contributed by atoms with Gasteiger partial charge in [0.05, 0.1) is 30.5 Å². The van der Waals surface area contributed by atoms with Crippen LogP contribution in [0.2, 0.25) is 0 Å². The van der Waals surface area contributed by atoms with Crippen LogP contribution in [-0.2, 0) is 19.1 Å². The maximum absolute atomic E-state index is 14.6. The number of aliphatic hydroxyl groups is 8. The van der Waals surface area contributed by atoms with Crippen LogP contribution in [-0.4, -0.2) is 119 Å². The zero-order valence-electron chi connectivity index (χ0n) is 29.6. The smallest absolute Gasteiger partial charge is 0.187 e. The number of carbonyl (C=O) groups excluding carboxylic acids is 2. The van der Waals surface area contributed by atoms with Crippen molar-refractivity contribution in [3.63, 3.8) is 0 Å². The van der Waals surface area contributed by atoms with Crippen molar-refractivity contribution in [1.82, 2.24) is 0 Å². The molecule has 0 aromatic rings. The number of allylic oxidation sites excluding steroid dienone is 1. The molecule has 48 heavy (non-hydrogen) atoms. The highest BCUT2D eigenvalue weighted by atomic mass is 16.7. The largest absolute Gasteiger partial charge is 0.394 e. The van der Waals surface area contributed by atoms with Gasteiger partial charge < -0.3 is 50.3 Å². The number of ketones is 2. The van der Waals surface area contributed by atoms with E-state index in [-0.39, 0.29) is 43.8 Å². The van der Waals surface area contributed by atoms with Gasteiger partial charge >= 0.3 is 0 Å². The normalized spacial score (nSPS) is 48.5. The predicted molar refractivity (Wildman–Crippen MR) is 172 cm³/mol. The summed E-state index contributed by atoms with van der Waals surface area (Å²) in [6.45, 7) is 13.7. The second-order valence-electron chi connectivity index (χ2n) is 17.6. The third kappa shape index (κ3) is 5.48. The lowest BCUT2D eigenvalue weighted by molar-refractivity contribution is -0.327. The molecule has 274 valence electrons. The topological polar surface area (TPSA) is 214 Å². The summed E-state index contributed by atoms with van der Waals surface area (Å²) in [7, 11) is 0. The third-order valence-electron chi connectivity index (χ3n) is 13.8. The maximum atomic E-state index is 14.6. The van der Waals surface area contributed by atoms with Crippen molar-refractivity contribution in [1.29, 1.82) is 0 Å². The van der Waals surface area contributed by atoms with E-state index in [4.69, 9.17) is 9.47 Å². The Morgan fingerprint density at radius 3 is 2.17 bits per heavy atom. The van der Waals surface area contributed by atoms with Crippen LogP contribution in [0.3, 0.4) is 0 Å². The molecule has 12 nitrogen and oxygen atoms in total. The number of ether oxygens (including phenoxy) is 2. The van der Waals surface area contributed by atoms with E-state index >= 15 is 0 Å². The molecule has 0 unspecified atom stereocenters. The monoisotopic (exact) mass is 682 g/mol. The Morgan fingerprint density at radius 2 is 1.58 bits per heavy atom. The number of fused-ring (bicyclic) bond motifs is 5. The Labute approximate surface area is 283 Å². The molecule has 4 aliphatic carbocycles.